The zero-order valence-electron chi connectivity index (χ0n) is 14.2. The molecule has 0 saturated heterocycles. The van der Waals surface area contributed by atoms with Crippen LogP contribution in [0.15, 0.2) is 48.8 Å². The Balaban J connectivity index is 1.56. The zero-order valence-corrected chi connectivity index (χ0v) is 15.0. The summed E-state index contributed by atoms with van der Waals surface area (Å²) in [6.07, 6.45) is 6.84. The van der Waals surface area contributed by atoms with Crippen LogP contribution in [-0.2, 0) is 0 Å². The Morgan fingerprint density at radius 1 is 1.12 bits per heavy atom. The first kappa shape index (κ1) is 17.1. The standard InChI is InChI=1S/C20H20ClN3O2/c21-19-7-4-14(12-23-19)24-20-18-6-5-17(10-13(18)8-9-22-20)26-16-3-1-2-15(25)11-16/h4-10,12,15-16,25H,1-3,11H2,(H,22,24)/t15-,16-/m0/s1. The molecule has 0 radical (unpaired) electrons. The van der Waals surface area contributed by atoms with E-state index in [-0.39, 0.29) is 12.2 Å². The van der Waals surface area contributed by atoms with Crippen molar-refractivity contribution in [3.05, 3.63) is 53.9 Å². The summed E-state index contributed by atoms with van der Waals surface area (Å²) >= 11 is 5.83. The van der Waals surface area contributed by atoms with Gasteiger partial charge in [0, 0.05) is 18.0 Å². The molecule has 0 aliphatic heterocycles. The fraction of sp³-hybridized carbons (Fsp3) is 0.300. The van der Waals surface area contributed by atoms with Crippen LogP contribution in [-0.4, -0.2) is 27.3 Å². The summed E-state index contributed by atoms with van der Waals surface area (Å²) in [6, 6.07) is 11.5. The van der Waals surface area contributed by atoms with E-state index < -0.39 is 0 Å². The monoisotopic (exact) mass is 369 g/mol. The summed E-state index contributed by atoms with van der Waals surface area (Å²) in [5, 5.41) is 15.6. The van der Waals surface area contributed by atoms with Gasteiger partial charge in [-0.3, -0.25) is 0 Å². The molecule has 5 nitrogen and oxygen atoms in total. The highest BCUT2D eigenvalue weighted by atomic mass is 35.5. The molecule has 1 aliphatic carbocycles. The van der Waals surface area contributed by atoms with Crippen LogP contribution in [0, 0.1) is 0 Å². The van der Waals surface area contributed by atoms with Gasteiger partial charge in [-0.1, -0.05) is 11.6 Å². The van der Waals surface area contributed by atoms with Gasteiger partial charge in [-0.05, 0) is 61.0 Å². The summed E-state index contributed by atoms with van der Waals surface area (Å²) in [6.45, 7) is 0. The third kappa shape index (κ3) is 3.89. The van der Waals surface area contributed by atoms with E-state index in [2.05, 4.69) is 15.3 Å². The Bertz CT molecular complexity index is 901. The van der Waals surface area contributed by atoms with Gasteiger partial charge in [0.2, 0.25) is 0 Å². The van der Waals surface area contributed by atoms with E-state index in [1.54, 1.807) is 18.5 Å². The van der Waals surface area contributed by atoms with Crippen LogP contribution in [0.3, 0.4) is 0 Å². The van der Waals surface area contributed by atoms with Gasteiger partial charge in [0.1, 0.15) is 22.8 Å². The SMILES string of the molecule is O[C@H]1CCC[C@H](Oc2ccc3c(Nc4ccc(Cl)nc4)nccc3c2)C1. The van der Waals surface area contributed by atoms with E-state index in [1.165, 1.54) is 0 Å². The minimum atomic E-state index is -0.248. The van der Waals surface area contributed by atoms with Gasteiger partial charge in [0.05, 0.1) is 18.0 Å². The molecule has 1 fully saturated rings. The van der Waals surface area contributed by atoms with Gasteiger partial charge in [-0.15, -0.1) is 0 Å². The molecule has 2 atom stereocenters. The second kappa shape index (κ2) is 7.48. The third-order valence-electron chi connectivity index (χ3n) is 4.63. The number of anilines is 2. The number of hydrogen-bond donors (Lipinski definition) is 2. The summed E-state index contributed by atoms with van der Waals surface area (Å²) in [7, 11) is 0. The lowest BCUT2D eigenvalue weighted by Crippen LogP contribution is -2.28. The minimum absolute atomic E-state index is 0.0794. The highest BCUT2D eigenvalue weighted by Crippen LogP contribution is 2.30. The Kier molecular flexibility index (Phi) is 4.91. The van der Waals surface area contributed by atoms with Crippen LogP contribution in [0.5, 0.6) is 5.75 Å². The first-order valence-corrected chi connectivity index (χ1v) is 9.17. The molecule has 2 heterocycles. The Morgan fingerprint density at radius 3 is 2.85 bits per heavy atom. The number of aliphatic hydroxyl groups is 1. The maximum absolute atomic E-state index is 9.81. The highest BCUT2D eigenvalue weighted by Gasteiger charge is 2.21. The van der Waals surface area contributed by atoms with Crippen molar-refractivity contribution in [2.45, 2.75) is 37.9 Å². The van der Waals surface area contributed by atoms with Crippen molar-refractivity contribution in [2.24, 2.45) is 0 Å². The molecule has 4 rings (SSSR count). The first-order chi connectivity index (χ1) is 12.7. The van der Waals surface area contributed by atoms with Crippen molar-refractivity contribution < 1.29 is 9.84 Å². The normalized spacial score (nSPS) is 20.1. The number of rotatable bonds is 4. The van der Waals surface area contributed by atoms with Gasteiger partial charge in [0.25, 0.3) is 0 Å². The lowest BCUT2D eigenvalue weighted by molar-refractivity contribution is 0.0537. The minimum Gasteiger partial charge on any atom is -0.490 e. The number of pyridine rings is 2. The quantitative estimate of drug-likeness (QED) is 0.652. The van der Waals surface area contributed by atoms with Crippen LogP contribution < -0.4 is 10.1 Å². The third-order valence-corrected chi connectivity index (χ3v) is 4.85. The van der Waals surface area contributed by atoms with E-state index >= 15 is 0 Å². The molecule has 2 N–H and O–H groups in total. The molecule has 26 heavy (non-hydrogen) atoms. The molecular formula is C20H20ClN3O2. The molecule has 1 saturated carbocycles. The van der Waals surface area contributed by atoms with Crippen LogP contribution in [0.2, 0.25) is 5.15 Å². The van der Waals surface area contributed by atoms with Crippen molar-refractivity contribution in [3.8, 4) is 5.75 Å². The smallest absolute Gasteiger partial charge is 0.138 e. The van der Waals surface area contributed by atoms with E-state index in [1.807, 2.05) is 30.3 Å². The second-order valence-electron chi connectivity index (χ2n) is 6.60. The Hall–Kier alpha value is -2.37. The molecular weight excluding hydrogens is 350 g/mol. The largest absolute Gasteiger partial charge is 0.490 e. The van der Waals surface area contributed by atoms with Gasteiger partial charge in [-0.2, -0.15) is 0 Å². The van der Waals surface area contributed by atoms with Gasteiger partial charge >= 0.3 is 0 Å². The number of fused-ring (bicyclic) bond motifs is 1. The topological polar surface area (TPSA) is 67.3 Å². The van der Waals surface area contributed by atoms with Crippen molar-refractivity contribution in [1.29, 1.82) is 0 Å². The van der Waals surface area contributed by atoms with E-state index in [4.69, 9.17) is 16.3 Å². The molecule has 1 aromatic carbocycles. The average molecular weight is 370 g/mol. The highest BCUT2D eigenvalue weighted by molar-refractivity contribution is 6.29. The van der Waals surface area contributed by atoms with Crippen LogP contribution >= 0.6 is 11.6 Å². The predicted molar refractivity (Wildman–Crippen MR) is 103 cm³/mol. The number of ether oxygens (including phenoxy) is 1. The maximum Gasteiger partial charge on any atom is 0.138 e. The molecule has 6 heteroatoms. The summed E-state index contributed by atoms with van der Waals surface area (Å²) in [5.41, 5.74) is 0.825. The molecule has 0 bridgehead atoms. The molecule has 2 aromatic heterocycles. The first-order valence-electron chi connectivity index (χ1n) is 8.79. The lowest BCUT2D eigenvalue weighted by Gasteiger charge is -2.26. The van der Waals surface area contributed by atoms with Crippen molar-refractivity contribution in [2.75, 3.05) is 5.32 Å². The second-order valence-corrected chi connectivity index (χ2v) is 6.98. The fourth-order valence-corrected chi connectivity index (χ4v) is 3.45. The van der Waals surface area contributed by atoms with Crippen molar-refractivity contribution in [3.63, 3.8) is 0 Å². The van der Waals surface area contributed by atoms with Crippen LogP contribution in [0.1, 0.15) is 25.7 Å². The summed E-state index contributed by atoms with van der Waals surface area (Å²) in [4.78, 5) is 8.51. The average Bonchev–Trinajstić information content (AvgIpc) is 2.64. The van der Waals surface area contributed by atoms with E-state index in [0.717, 1.165) is 47.3 Å². The van der Waals surface area contributed by atoms with Gasteiger partial charge < -0.3 is 15.2 Å². The number of nitrogens with zero attached hydrogens (tertiary/aromatic N) is 2. The van der Waals surface area contributed by atoms with Crippen LogP contribution in [0.4, 0.5) is 11.5 Å². The Morgan fingerprint density at radius 2 is 2.04 bits per heavy atom. The fourth-order valence-electron chi connectivity index (χ4n) is 3.34. The predicted octanol–water partition coefficient (Wildman–Crippen LogP) is 4.71. The number of aromatic nitrogens is 2. The van der Waals surface area contributed by atoms with E-state index in [0.29, 0.717) is 11.6 Å². The molecule has 3 aromatic rings. The summed E-state index contributed by atoms with van der Waals surface area (Å²) in [5.74, 6) is 1.58. The zero-order chi connectivity index (χ0) is 17.9. The molecule has 1 aliphatic rings. The molecule has 0 amide bonds. The molecule has 0 spiro atoms. The molecule has 0 unspecified atom stereocenters. The maximum atomic E-state index is 9.81. The number of hydrogen-bond acceptors (Lipinski definition) is 5. The number of aliphatic hydroxyl groups excluding tert-OH is 1. The van der Waals surface area contributed by atoms with Crippen molar-refractivity contribution in [1.82, 2.24) is 9.97 Å². The number of halogens is 1. The van der Waals surface area contributed by atoms with E-state index in [9.17, 15) is 5.11 Å². The Labute approximate surface area is 157 Å². The van der Waals surface area contributed by atoms with Gasteiger partial charge in [0.15, 0.2) is 0 Å². The van der Waals surface area contributed by atoms with Crippen LogP contribution in [0.25, 0.3) is 10.8 Å². The summed E-state index contributed by atoms with van der Waals surface area (Å²) < 4.78 is 6.08. The van der Waals surface area contributed by atoms with Gasteiger partial charge in [-0.25, -0.2) is 9.97 Å². The lowest BCUT2D eigenvalue weighted by atomic mass is 9.95. The molecule has 134 valence electrons. The number of benzene rings is 1. The van der Waals surface area contributed by atoms with Crippen molar-refractivity contribution >= 4 is 33.9 Å². The number of nitrogens with one attached hydrogen (secondary N) is 1.